The van der Waals surface area contributed by atoms with Crippen LogP contribution in [0.2, 0.25) is 28.4 Å². The predicted octanol–water partition coefficient (Wildman–Crippen LogP) is -0.676. The van der Waals surface area contributed by atoms with E-state index < -0.39 is 8.07 Å². The monoisotopic (exact) mass is 386 g/mol. The van der Waals surface area contributed by atoms with Crippen molar-refractivity contribution in [3.8, 4) is 0 Å². The third kappa shape index (κ3) is 3.30. The third-order valence-corrected chi connectivity index (χ3v) is 14.7. The summed E-state index contributed by atoms with van der Waals surface area (Å²) in [7, 11) is -0.908. The molecule has 4 heteroatoms. The van der Waals surface area contributed by atoms with Crippen LogP contribution < -0.4 is 24.8 Å². The van der Waals surface area contributed by atoms with Crippen molar-refractivity contribution in [2.45, 2.75) is 47.7 Å². The number of hydrogen-bond acceptors (Lipinski definition) is 0. The molecule has 3 aliphatic carbocycles. The van der Waals surface area contributed by atoms with Gasteiger partial charge < -0.3 is 24.8 Å². The van der Waals surface area contributed by atoms with Gasteiger partial charge in [-0.25, -0.2) is 0 Å². The number of fused-ring (bicyclic) bond motifs is 1. The average Bonchev–Trinajstić information content (AvgIpc) is 3.03. The van der Waals surface area contributed by atoms with Crippen molar-refractivity contribution in [3.63, 3.8) is 0 Å². The van der Waals surface area contributed by atoms with Crippen molar-refractivity contribution >= 4 is 8.07 Å². The van der Waals surface area contributed by atoms with Crippen LogP contribution in [-0.4, -0.2) is 8.07 Å². The van der Waals surface area contributed by atoms with E-state index in [1.54, 1.807) is 12.1 Å². The van der Waals surface area contributed by atoms with Gasteiger partial charge in [0, 0.05) is 0 Å². The summed E-state index contributed by atoms with van der Waals surface area (Å²) in [5.41, 5.74) is 1.11. The first-order valence-electron chi connectivity index (χ1n) is 8.23. The fraction of sp³-hybridized carbons (Fsp3) is 0.556. The van der Waals surface area contributed by atoms with Crippen molar-refractivity contribution < 1.29 is 44.0 Å². The minimum Gasteiger partial charge on any atom is -1.00 e. The minimum atomic E-state index is -0.908. The minimum absolute atomic E-state index is 0. The number of halogens is 2. The molecule has 4 rings (SSSR count). The Labute approximate surface area is 157 Å². The van der Waals surface area contributed by atoms with Crippen LogP contribution in [-0.2, 0) is 19.2 Å². The maximum atomic E-state index is 2.73. The van der Waals surface area contributed by atoms with Gasteiger partial charge in [-0.3, -0.25) is 0 Å². The molecule has 1 heterocycles. The van der Waals surface area contributed by atoms with Gasteiger partial charge in [0.1, 0.15) is 0 Å². The average molecular weight is 387 g/mol. The van der Waals surface area contributed by atoms with Gasteiger partial charge >= 0.3 is 133 Å². The Balaban J connectivity index is 0.000000882. The Morgan fingerprint density at radius 3 is 2.50 bits per heavy atom. The molecule has 0 aromatic heterocycles. The molecule has 0 N–H and O–H groups in total. The molecule has 4 unspecified atom stereocenters. The Kier molecular flexibility index (Phi) is 6.47. The van der Waals surface area contributed by atoms with Crippen molar-refractivity contribution in [3.05, 3.63) is 46.4 Å². The van der Waals surface area contributed by atoms with Crippen LogP contribution in [0.5, 0.6) is 0 Å². The molecule has 4 aliphatic rings. The molecule has 0 radical (unpaired) electrons. The summed E-state index contributed by atoms with van der Waals surface area (Å²) in [4.78, 5) is 0. The fourth-order valence-corrected chi connectivity index (χ4v) is 14.4. The molecule has 0 bridgehead atoms. The van der Waals surface area contributed by atoms with Crippen LogP contribution in [0.3, 0.4) is 0 Å². The van der Waals surface area contributed by atoms with Gasteiger partial charge in [-0.1, -0.05) is 0 Å². The second-order valence-corrected chi connectivity index (χ2v) is 14.9. The second kappa shape index (κ2) is 7.57. The standard InChI is InChI=1S/C13H19Si.C5H5.2ClH.Ti/c1-14(9-4-10-14)13-8-7-11-5-2-3-6-12(11)13;1-2-4-5-3-1;;;/h2-3,5-6,8,11-13H,4,7,9-10H2,1H3;1-3H,4H2;2*1H;/q;;;;+2/p-2. The molecule has 2 fully saturated rings. The van der Waals surface area contributed by atoms with Gasteiger partial charge in [-0.15, -0.1) is 0 Å². The summed E-state index contributed by atoms with van der Waals surface area (Å²) in [6.45, 7) is 2.73. The topological polar surface area (TPSA) is 0 Å². The summed E-state index contributed by atoms with van der Waals surface area (Å²) in [6, 6.07) is 3.25. The number of hydrogen-bond donors (Lipinski definition) is 0. The molecular formula is C18H24Cl2SiTi. The molecule has 1 saturated carbocycles. The van der Waals surface area contributed by atoms with Crippen LogP contribution in [0.4, 0.5) is 0 Å². The van der Waals surface area contributed by atoms with Crippen LogP contribution in [0.1, 0.15) is 19.3 Å². The van der Waals surface area contributed by atoms with Gasteiger partial charge in [0.25, 0.3) is 0 Å². The van der Waals surface area contributed by atoms with E-state index >= 15 is 0 Å². The van der Waals surface area contributed by atoms with Crippen LogP contribution in [0.15, 0.2) is 46.4 Å². The summed E-state index contributed by atoms with van der Waals surface area (Å²) in [6.07, 6.45) is 21.2. The predicted molar refractivity (Wildman–Crippen MR) is 85.1 cm³/mol. The fourth-order valence-electron chi connectivity index (χ4n) is 4.96. The van der Waals surface area contributed by atoms with E-state index in [1.807, 2.05) is 3.88 Å². The summed E-state index contributed by atoms with van der Waals surface area (Å²) in [5.74, 6) is 1.80. The quantitative estimate of drug-likeness (QED) is 0.564. The molecule has 0 amide bonds. The van der Waals surface area contributed by atoms with Crippen molar-refractivity contribution in [2.75, 3.05) is 0 Å². The Bertz CT molecular complexity index is 519. The molecule has 0 aromatic carbocycles. The Hall–Kier alpha value is 0.471. The Morgan fingerprint density at radius 2 is 1.86 bits per heavy atom. The molecule has 118 valence electrons. The SMILES string of the molecule is C[Si]1(C2[CH]([Ti+2][C]3=CC=CC3)CC3C=CC=CC32)CCC1.[Cl-].[Cl-]. The largest absolute Gasteiger partial charge is 1.00 e. The molecule has 4 atom stereocenters. The maximum Gasteiger partial charge on any atom is -1.00 e. The van der Waals surface area contributed by atoms with E-state index in [4.69, 9.17) is 0 Å². The van der Waals surface area contributed by atoms with Gasteiger partial charge in [-0.2, -0.15) is 0 Å². The van der Waals surface area contributed by atoms with E-state index in [1.165, 1.54) is 19.3 Å². The summed E-state index contributed by atoms with van der Waals surface area (Å²) >= 11 is 0.114. The molecule has 22 heavy (non-hydrogen) atoms. The van der Waals surface area contributed by atoms with Gasteiger partial charge in [0.15, 0.2) is 0 Å². The van der Waals surface area contributed by atoms with Crippen LogP contribution in [0.25, 0.3) is 0 Å². The number of rotatable bonds is 3. The molecule has 1 saturated heterocycles. The van der Waals surface area contributed by atoms with E-state index in [-0.39, 0.29) is 44.0 Å². The van der Waals surface area contributed by atoms with E-state index in [9.17, 15) is 0 Å². The van der Waals surface area contributed by atoms with Gasteiger partial charge in [0.05, 0.1) is 0 Å². The molecule has 0 nitrogen and oxygen atoms in total. The zero-order valence-corrected chi connectivity index (χ0v) is 17.2. The summed E-state index contributed by atoms with van der Waals surface area (Å²) in [5, 5.41) is 0. The smallest absolute Gasteiger partial charge is 1.00 e. The van der Waals surface area contributed by atoms with E-state index in [0.29, 0.717) is 0 Å². The van der Waals surface area contributed by atoms with Crippen LogP contribution >= 0.6 is 0 Å². The second-order valence-electron chi connectivity index (χ2n) is 7.36. The Morgan fingerprint density at radius 1 is 1.09 bits per heavy atom. The third-order valence-electron chi connectivity index (χ3n) is 6.11. The van der Waals surface area contributed by atoms with Crippen molar-refractivity contribution in [2.24, 2.45) is 11.8 Å². The van der Waals surface area contributed by atoms with Crippen LogP contribution in [0, 0.1) is 11.8 Å². The zero-order chi connectivity index (χ0) is 13.6. The van der Waals surface area contributed by atoms with Crippen molar-refractivity contribution in [1.82, 2.24) is 0 Å². The molecule has 0 aromatic rings. The first kappa shape index (κ1) is 18.8. The zero-order valence-electron chi connectivity index (χ0n) is 13.1. The maximum absolute atomic E-state index is 2.73. The van der Waals surface area contributed by atoms with Gasteiger partial charge in [0.2, 0.25) is 0 Å². The first-order chi connectivity index (χ1) is 9.76. The molecule has 1 aliphatic heterocycles. The van der Waals surface area contributed by atoms with E-state index in [2.05, 4.69) is 49.1 Å². The first-order valence-corrected chi connectivity index (χ1v) is 12.9. The molecular weight excluding hydrogens is 363 g/mol. The number of allylic oxidation sites excluding steroid dienone is 8. The summed E-state index contributed by atoms with van der Waals surface area (Å²) < 4.78 is 2.92. The van der Waals surface area contributed by atoms with E-state index in [0.717, 1.165) is 21.6 Å². The van der Waals surface area contributed by atoms with Gasteiger partial charge in [-0.05, 0) is 0 Å². The van der Waals surface area contributed by atoms with Crippen molar-refractivity contribution in [1.29, 1.82) is 0 Å². The molecule has 0 spiro atoms. The normalized spacial score (nSPS) is 36.5.